The Morgan fingerprint density at radius 1 is 1.28 bits per heavy atom. The number of rotatable bonds is 8. The maximum Gasteiger partial charge on any atom is 0.416 e. The van der Waals surface area contributed by atoms with Crippen molar-refractivity contribution in [3.05, 3.63) is 35.4 Å². The highest BCUT2D eigenvalue weighted by Crippen LogP contribution is 2.30. The van der Waals surface area contributed by atoms with Crippen LogP contribution in [-0.4, -0.2) is 81.7 Å². The lowest BCUT2D eigenvalue weighted by Gasteiger charge is -2.26. The highest BCUT2D eigenvalue weighted by Gasteiger charge is 2.30. The second-order valence-electron chi connectivity index (χ2n) is 7.68. The van der Waals surface area contributed by atoms with Gasteiger partial charge in [-0.05, 0) is 37.6 Å². The van der Waals surface area contributed by atoms with E-state index in [1.165, 1.54) is 11.0 Å². The van der Waals surface area contributed by atoms with Crippen molar-refractivity contribution >= 4 is 35.8 Å². The van der Waals surface area contributed by atoms with Crippen molar-refractivity contribution in [3.63, 3.8) is 0 Å². The average Bonchev–Trinajstić information content (AvgIpc) is 2.74. The number of amides is 1. The summed E-state index contributed by atoms with van der Waals surface area (Å²) in [6.45, 7) is 6.52. The molecular formula is C21H33F3IN5O2. The summed E-state index contributed by atoms with van der Waals surface area (Å²) in [5, 5.41) is 6.30. The molecule has 1 atom stereocenters. The van der Waals surface area contributed by atoms with E-state index in [-0.39, 0.29) is 36.4 Å². The average molecular weight is 571 g/mol. The number of ether oxygens (including phenoxy) is 1. The van der Waals surface area contributed by atoms with Gasteiger partial charge >= 0.3 is 6.18 Å². The smallest absolute Gasteiger partial charge is 0.379 e. The molecule has 0 spiro atoms. The van der Waals surface area contributed by atoms with Crippen LogP contribution in [0.1, 0.15) is 30.5 Å². The standard InChI is InChI=1S/C21H32F3N5O2.HI/c1-16(17-6-4-7-18(14-17)21(22,23)24)27-20(26-15-19(30)28(2)3)25-8-5-9-29-10-12-31-13-11-29;/h4,6-7,14,16H,5,8-13,15H2,1-3H3,(H2,25,26,27);1H. The van der Waals surface area contributed by atoms with Crippen LogP contribution in [0.5, 0.6) is 0 Å². The third kappa shape index (κ3) is 9.90. The third-order valence-corrected chi connectivity index (χ3v) is 4.99. The second kappa shape index (κ2) is 13.8. The van der Waals surface area contributed by atoms with Crippen molar-refractivity contribution in [2.24, 2.45) is 4.99 Å². The van der Waals surface area contributed by atoms with Crippen LogP contribution in [-0.2, 0) is 15.7 Å². The molecule has 1 unspecified atom stereocenters. The molecule has 182 valence electrons. The number of morpholine rings is 1. The van der Waals surface area contributed by atoms with Gasteiger partial charge in [0.1, 0.15) is 6.54 Å². The van der Waals surface area contributed by atoms with E-state index in [0.717, 1.165) is 51.4 Å². The van der Waals surface area contributed by atoms with Gasteiger partial charge < -0.3 is 20.3 Å². The molecule has 1 aliphatic heterocycles. The minimum Gasteiger partial charge on any atom is -0.379 e. The zero-order chi connectivity index (χ0) is 22.9. The zero-order valence-electron chi connectivity index (χ0n) is 18.7. The first kappa shape index (κ1) is 28.4. The van der Waals surface area contributed by atoms with E-state index in [0.29, 0.717) is 18.1 Å². The summed E-state index contributed by atoms with van der Waals surface area (Å²) in [4.78, 5) is 20.0. The quantitative estimate of drug-likeness (QED) is 0.218. The molecule has 0 bridgehead atoms. The van der Waals surface area contributed by atoms with Gasteiger partial charge in [0.2, 0.25) is 5.91 Å². The van der Waals surface area contributed by atoms with Crippen LogP contribution in [0, 0.1) is 0 Å². The maximum absolute atomic E-state index is 13.0. The lowest BCUT2D eigenvalue weighted by Crippen LogP contribution is -2.42. The number of halogens is 4. The molecule has 1 aliphatic rings. The van der Waals surface area contributed by atoms with E-state index in [1.54, 1.807) is 27.1 Å². The number of nitrogens with one attached hydrogen (secondary N) is 2. The molecule has 1 fully saturated rings. The van der Waals surface area contributed by atoms with Gasteiger partial charge in [0, 0.05) is 33.7 Å². The van der Waals surface area contributed by atoms with Crippen LogP contribution in [0.3, 0.4) is 0 Å². The molecule has 1 aromatic carbocycles. The fraction of sp³-hybridized carbons (Fsp3) is 0.619. The largest absolute Gasteiger partial charge is 0.416 e. The second-order valence-corrected chi connectivity index (χ2v) is 7.68. The van der Waals surface area contributed by atoms with E-state index < -0.39 is 17.8 Å². The lowest BCUT2D eigenvalue weighted by molar-refractivity contribution is -0.137. The number of alkyl halides is 3. The molecular weight excluding hydrogens is 538 g/mol. The monoisotopic (exact) mass is 571 g/mol. The minimum atomic E-state index is -4.40. The summed E-state index contributed by atoms with van der Waals surface area (Å²) in [5.74, 6) is 0.225. The van der Waals surface area contributed by atoms with Gasteiger partial charge in [0.05, 0.1) is 24.8 Å². The van der Waals surface area contributed by atoms with Gasteiger partial charge in [-0.2, -0.15) is 13.2 Å². The van der Waals surface area contributed by atoms with Gasteiger partial charge in [-0.1, -0.05) is 12.1 Å². The number of carbonyl (C=O) groups excluding carboxylic acids is 1. The Balaban J connectivity index is 0.00000512. The first-order valence-corrected chi connectivity index (χ1v) is 10.4. The van der Waals surface area contributed by atoms with Gasteiger partial charge in [0.25, 0.3) is 0 Å². The van der Waals surface area contributed by atoms with Crippen molar-refractivity contribution in [2.45, 2.75) is 25.6 Å². The summed E-state index contributed by atoms with van der Waals surface area (Å²) < 4.78 is 44.4. The Morgan fingerprint density at radius 2 is 1.97 bits per heavy atom. The molecule has 2 N–H and O–H groups in total. The molecule has 7 nitrogen and oxygen atoms in total. The first-order chi connectivity index (χ1) is 14.7. The van der Waals surface area contributed by atoms with E-state index >= 15 is 0 Å². The molecule has 1 aromatic rings. The summed E-state index contributed by atoms with van der Waals surface area (Å²) in [5.41, 5.74) is -0.213. The Kier molecular flexibility index (Phi) is 12.3. The topological polar surface area (TPSA) is 69.2 Å². The fourth-order valence-electron chi connectivity index (χ4n) is 3.05. The highest BCUT2D eigenvalue weighted by atomic mass is 127. The molecule has 0 aromatic heterocycles. The minimum absolute atomic E-state index is 0. The Morgan fingerprint density at radius 3 is 2.59 bits per heavy atom. The van der Waals surface area contributed by atoms with Crippen LogP contribution in [0.2, 0.25) is 0 Å². The number of likely N-dealkylation sites (N-methyl/N-ethyl adjacent to an activating group) is 1. The number of carbonyl (C=O) groups is 1. The maximum atomic E-state index is 13.0. The molecule has 0 aliphatic carbocycles. The number of aliphatic imine (C=N–C) groups is 1. The zero-order valence-corrected chi connectivity index (χ0v) is 21.1. The number of hydrogen-bond acceptors (Lipinski definition) is 4. The SMILES string of the molecule is CC(NC(=NCC(=O)N(C)C)NCCCN1CCOCC1)c1cccc(C(F)(F)F)c1.I. The molecule has 1 amide bonds. The Labute approximate surface area is 204 Å². The van der Waals surface area contributed by atoms with Crippen LogP contribution in [0.25, 0.3) is 0 Å². The third-order valence-electron chi connectivity index (χ3n) is 4.99. The van der Waals surface area contributed by atoms with Crippen molar-refractivity contribution in [2.75, 3.05) is 60.0 Å². The normalized spacial score (nSPS) is 16.1. The van der Waals surface area contributed by atoms with Crippen molar-refractivity contribution in [1.29, 1.82) is 0 Å². The molecule has 1 saturated heterocycles. The summed E-state index contributed by atoms with van der Waals surface area (Å²) in [6.07, 6.45) is -3.54. The van der Waals surface area contributed by atoms with Crippen LogP contribution < -0.4 is 10.6 Å². The summed E-state index contributed by atoms with van der Waals surface area (Å²) in [7, 11) is 3.29. The number of benzene rings is 1. The van der Waals surface area contributed by atoms with Crippen LogP contribution in [0.15, 0.2) is 29.3 Å². The molecule has 0 radical (unpaired) electrons. The van der Waals surface area contributed by atoms with E-state index in [1.807, 2.05) is 0 Å². The predicted molar refractivity (Wildman–Crippen MR) is 129 cm³/mol. The van der Waals surface area contributed by atoms with Crippen molar-refractivity contribution < 1.29 is 22.7 Å². The van der Waals surface area contributed by atoms with E-state index in [9.17, 15) is 18.0 Å². The lowest BCUT2D eigenvalue weighted by atomic mass is 10.1. The van der Waals surface area contributed by atoms with Gasteiger partial charge in [-0.25, -0.2) is 4.99 Å². The predicted octanol–water partition coefficient (Wildman–Crippen LogP) is 2.73. The van der Waals surface area contributed by atoms with Crippen molar-refractivity contribution in [1.82, 2.24) is 20.4 Å². The van der Waals surface area contributed by atoms with Crippen LogP contribution >= 0.6 is 24.0 Å². The number of guanidine groups is 1. The molecule has 2 rings (SSSR count). The fourth-order valence-corrected chi connectivity index (χ4v) is 3.05. The molecule has 32 heavy (non-hydrogen) atoms. The Hall–Kier alpha value is -1.60. The van der Waals surface area contributed by atoms with Gasteiger partial charge in [0.15, 0.2) is 5.96 Å². The van der Waals surface area contributed by atoms with Gasteiger partial charge in [-0.3, -0.25) is 9.69 Å². The van der Waals surface area contributed by atoms with E-state index in [4.69, 9.17) is 4.74 Å². The number of hydrogen-bond donors (Lipinski definition) is 2. The molecule has 0 saturated carbocycles. The highest BCUT2D eigenvalue weighted by molar-refractivity contribution is 14.0. The van der Waals surface area contributed by atoms with Crippen molar-refractivity contribution in [3.8, 4) is 0 Å². The molecule has 11 heteroatoms. The van der Waals surface area contributed by atoms with Crippen LogP contribution in [0.4, 0.5) is 13.2 Å². The van der Waals surface area contributed by atoms with Gasteiger partial charge in [-0.15, -0.1) is 24.0 Å². The number of nitrogens with zero attached hydrogens (tertiary/aromatic N) is 3. The Bertz CT molecular complexity index is 740. The summed E-state index contributed by atoms with van der Waals surface area (Å²) >= 11 is 0. The first-order valence-electron chi connectivity index (χ1n) is 10.4. The summed E-state index contributed by atoms with van der Waals surface area (Å²) in [6, 6.07) is 4.76. The van der Waals surface area contributed by atoms with E-state index in [2.05, 4.69) is 20.5 Å². The molecule has 1 heterocycles.